The van der Waals surface area contributed by atoms with E-state index in [0.717, 1.165) is 0 Å². The van der Waals surface area contributed by atoms with Gasteiger partial charge in [0.15, 0.2) is 0 Å². The molecular weight excluding hydrogens is 99.5 g/mol. The van der Waals surface area contributed by atoms with Gasteiger partial charge in [-0.1, -0.05) is 7.43 Å². The third-order valence-electron chi connectivity index (χ3n) is 0. The van der Waals surface area contributed by atoms with Gasteiger partial charge in [-0.3, -0.25) is 0 Å². The van der Waals surface area contributed by atoms with Crippen molar-refractivity contribution in [1.29, 1.82) is 0 Å². The second-order valence-corrected chi connectivity index (χ2v) is 0.908. The smallest absolute Gasteiger partial charge is 0.126 e. The third kappa shape index (κ3) is 21700. The van der Waals surface area contributed by atoms with Crippen LogP contribution in [0, 0.1) is 7.43 Å². The van der Waals surface area contributed by atoms with Gasteiger partial charge >= 0.3 is 0 Å². The minimum Gasteiger partial charge on any atom is -0.300 e. The molecule has 6 heavy (non-hydrogen) atoms. The second-order valence-electron chi connectivity index (χ2n) is 0.908. The molecule has 0 bridgehead atoms. The molecule has 0 saturated carbocycles. The normalized spacial score (nSPS) is 4.33. The van der Waals surface area contributed by atoms with Crippen LogP contribution in [0.3, 0.4) is 0 Å². The molecule has 0 unspecified atom stereocenters. The quantitative estimate of drug-likeness (QED) is 0.458. The van der Waals surface area contributed by atoms with Crippen molar-refractivity contribution in [1.82, 2.24) is 0 Å². The fourth-order valence-corrected chi connectivity index (χ4v) is 0. The Morgan fingerprint density at radius 3 is 1.33 bits per heavy atom. The van der Waals surface area contributed by atoms with Crippen LogP contribution in [0.25, 0.3) is 0 Å². The number of rotatable bonds is 0. The maximum Gasteiger partial charge on any atom is 0.126 e. The Kier molecular flexibility index (Phi) is 24.8. The van der Waals surface area contributed by atoms with Crippen LogP contribution in [0.4, 0.5) is 0 Å². The van der Waals surface area contributed by atoms with Gasteiger partial charge in [-0.2, -0.15) is 0 Å². The van der Waals surface area contributed by atoms with Crippen molar-refractivity contribution in [3.63, 3.8) is 0 Å². The fourth-order valence-electron chi connectivity index (χ4n) is 0. The lowest BCUT2D eigenvalue weighted by Crippen LogP contribution is -1.69. The molecule has 0 aromatic heterocycles. The number of ketones is 1. The van der Waals surface area contributed by atoms with E-state index in [0.29, 0.717) is 0 Å². The molecule has 1 nitrogen and oxygen atoms in total. The first kappa shape index (κ1) is 16.7. The van der Waals surface area contributed by atoms with Gasteiger partial charge in [0, 0.05) is 0 Å². The van der Waals surface area contributed by atoms with Crippen molar-refractivity contribution in [2.75, 3.05) is 0 Å². The molecule has 0 aromatic rings. The number of hydrogen-bond acceptors (Lipinski definition) is 1. The monoisotopic (exact) mass is 108 g/mol. The SMILES string of the molecule is CC(C)=O.Cl.[CH2]. The first-order valence-corrected chi connectivity index (χ1v) is 1.20. The highest BCUT2D eigenvalue weighted by Gasteiger charge is 1.62. The van der Waals surface area contributed by atoms with E-state index in [1.165, 1.54) is 13.8 Å². The highest BCUT2D eigenvalue weighted by molar-refractivity contribution is 5.85. The highest BCUT2D eigenvalue weighted by atomic mass is 35.5. The van der Waals surface area contributed by atoms with E-state index in [-0.39, 0.29) is 25.6 Å². The molecule has 0 saturated heterocycles. The molecule has 0 fully saturated rings. The zero-order chi connectivity index (χ0) is 3.58. The predicted octanol–water partition coefficient (Wildman–Crippen LogP) is 1.34. The minimum absolute atomic E-state index is 0. The zero-order valence-electron chi connectivity index (χ0n) is 4.02. The molecule has 0 heterocycles. The Labute approximate surface area is 45.2 Å². The van der Waals surface area contributed by atoms with E-state index in [9.17, 15) is 4.79 Å². The molecule has 0 aliphatic rings. The molecular formula is C4H9ClO. The fraction of sp³-hybridized carbons (Fsp3) is 0.500. The van der Waals surface area contributed by atoms with Gasteiger partial charge in [0.05, 0.1) is 0 Å². The number of halogens is 1. The van der Waals surface area contributed by atoms with Gasteiger partial charge in [-0.05, 0) is 13.8 Å². The van der Waals surface area contributed by atoms with Crippen molar-refractivity contribution < 1.29 is 4.79 Å². The summed E-state index contributed by atoms with van der Waals surface area (Å²) in [5.41, 5.74) is 0. The van der Waals surface area contributed by atoms with Gasteiger partial charge in [0.25, 0.3) is 0 Å². The Bertz CT molecular complexity index is 30.5. The maximum absolute atomic E-state index is 9.44. The summed E-state index contributed by atoms with van der Waals surface area (Å²) in [4.78, 5) is 9.44. The van der Waals surface area contributed by atoms with Crippen LogP contribution in [0.2, 0.25) is 0 Å². The molecule has 0 aliphatic heterocycles. The van der Waals surface area contributed by atoms with Crippen molar-refractivity contribution in [3.05, 3.63) is 7.43 Å². The molecule has 2 heteroatoms. The van der Waals surface area contributed by atoms with Crippen molar-refractivity contribution in [2.24, 2.45) is 0 Å². The van der Waals surface area contributed by atoms with Crippen molar-refractivity contribution in [2.45, 2.75) is 13.8 Å². The standard InChI is InChI=1S/C3H6O.CH2.ClH/c1-3(2)4;;/h1-2H3;1H2;1H. The van der Waals surface area contributed by atoms with Crippen LogP contribution in [0.5, 0.6) is 0 Å². The third-order valence-corrected chi connectivity index (χ3v) is 0. The van der Waals surface area contributed by atoms with Crippen molar-refractivity contribution in [3.8, 4) is 0 Å². The van der Waals surface area contributed by atoms with Crippen LogP contribution in [-0.4, -0.2) is 5.78 Å². The van der Waals surface area contributed by atoms with Gasteiger partial charge in [0.1, 0.15) is 5.78 Å². The molecule has 0 atom stereocenters. The predicted molar refractivity (Wildman–Crippen MR) is 29.0 cm³/mol. The Balaban J connectivity index is -0.0000000450. The van der Waals surface area contributed by atoms with Gasteiger partial charge in [0.2, 0.25) is 0 Å². The van der Waals surface area contributed by atoms with E-state index < -0.39 is 0 Å². The topological polar surface area (TPSA) is 17.1 Å². The van der Waals surface area contributed by atoms with Gasteiger partial charge in [-0.15, -0.1) is 12.4 Å². The van der Waals surface area contributed by atoms with Crippen LogP contribution in [-0.2, 0) is 4.79 Å². The van der Waals surface area contributed by atoms with Crippen LogP contribution in [0.1, 0.15) is 13.8 Å². The Morgan fingerprint density at radius 2 is 1.33 bits per heavy atom. The highest BCUT2D eigenvalue weighted by Crippen LogP contribution is 1.50. The number of Topliss-reactive ketones (excluding diaryl/α,β-unsaturated/α-hetero) is 1. The van der Waals surface area contributed by atoms with E-state index in [1.54, 1.807) is 0 Å². The van der Waals surface area contributed by atoms with Crippen LogP contribution >= 0.6 is 12.4 Å². The average molecular weight is 109 g/mol. The molecule has 0 aromatic carbocycles. The lowest BCUT2D eigenvalue weighted by Gasteiger charge is -1.56. The van der Waals surface area contributed by atoms with Gasteiger partial charge < -0.3 is 4.79 Å². The lowest BCUT2D eigenvalue weighted by molar-refractivity contribution is -0.114. The van der Waals surface area contributed by atoms with E-state index >= 15 is 0 Å². The second kappa shape index (κ2) is 8.88. The van der Waals surface area contributed by atoms with E-state index in [4.69, 9.17) is 0 Å². The molecule has 2 radical (unpaired) electrons. The summed E-state index contributed by atoms with van der Waals surface area (Å²) in [6.45, 7) is 3.06. The zero-order valence-corrected chi connectivity index (χ0v) is 4.84. The maximum atomic E-state index is 9.44. The summed E-state index contributed by atoms with van der Waals surface area (Å²) in [5, 5.41) is 0. The average Bonchev–Trinajstić information content (AvgIpc) is 0.811. The minimum atomic E-state index is 0. The first-order valence-electron chi connectivity index (χ1n) is 1.20. The number of carbonyl (C=O) groups is 1. The first-order chi connectivity index (χ1) is 1.73. The van der Waals surface area contributed by atoms with Crippen molar-refractivity contribution >= 4 is 18.2 Å². The Morgan fingerprint density at radius 1 is 1.33 bits per heavy atom. The number of carbonyl (C=O) groups excluding carboxylic acids is 1. The lowest BCUT2D eigenvalue weighted by atomic mass is 10.6. The van der Waals surface area contributed by atoms with E-state index in [1.807, 2.05) is 0 Å². The summed E-state index contributed by atoms with van der Waals surface area (Å²) >= 11 is 0. The largest absolute Gasteiger partial charge is 0.300 e. The summed E-state index contributed by atoms with van der Waals surface area (Å²) in [6, 6.07) is 0. The number of hydrogen-bond donors (Lipinski definition) is 0. The summed E-state index contributed by atoms with van der Waals surface area (Å²) in [7, 11) is 0. The Hall–Kier alpha value is -0.0400. The molecule has 0 rings (SSSR count). The van der Waals surface area contributed by atoms with Crippen LogP contribution in [0.15, 0.2) is 0 Å². The molecule has 0 spiro atoms. The molecule has 38 valence electrons. The summed E-state index contributed by atoms with van der Waals surface area (Å²) < 4.78 is 0. The van der Waals surface area contributed by atoms with E-state index in [2.05, 4.69) is 0 Å². The van der Waals surface area contributed by atoms with Crippen LogP contribution < -0.4 is 0 Å². The molecule has 0 N–H and O–H groups in total. The molecule has 0 aliphatic carbocycles. The summed E-state index contributed by atoms with van der Waals surface area (Å²) in [6.07, 6.45) is 0. The molecule has 0 amide bonds. The van der Waals surface area contributed by atoms with Gasteiger partial charge in [-0.25, -0.2) is 0 Å². The summed E-state index contributed by atoms with van der Waals surface area (Å²) in [5.74, 6) is 0.167.